The van der Waals surface area contributed by atoms with Crippen molar-refractivity contribution >= 4 is 5.69 Å². The van der Waals surface area contributed by atoms with Crippen molar-refractivity contribution in [2.45, 2.75) is 18.9 Å². The molecule has 1 aromatic rings. The number of ether oxygens (including phenoxy) is 1. The average molecular weight is 234 g/mol. The maximum atomic E-state index is 5.37. The van der Waals surface area contributed by atoms with Crippen LogP contribution in [0, 0.1) is 0 Å². The number of hydrogen-bond acceptors (Lipinski definition) is 3. The van der Waals surface area contributed by atoms with Crippen molar-refractivity contribution in [2.24, 2.45) is 0 Å². The molecule has 0 aliphatic carbocycles. The number of methoxy groups -OCH3 is 1. The van der Waals surface area contributed by atoms with Crippen molar-refractivity contribution in [2.75, 3.05) is 38.6 Å². The molecule has 1 heterocycles. The van der Waals surface area contributed by atoms with E-state index in [2.05, 4.69) is 34.5 Å². The van der Waals surface area contributed by atoms with Gasteiger partial charge < -0.3 is 15.0 Å². The highest BCUT2D eigenvalue weighted by molar-refractivity contribution is 5.42. The van der Waals surface area contributed by atoms with E-state index in [9.17, 15) is 0 Å². The highest BCUT2D eigenvalue weighted by Crippen LogP contribution is 2.12. The average Bonchev–Trinajstić information content (AvgIpc) is 2.41. The Kier molecular flexibility index (Phi) is 4.83. The van der Waals surface area contributed by atoms with E-state index in [4.69, 9.17) is 4.74 Å². The minimum atomic E-state index is 0.480. The molecular weight excluding hydrogens is 212 g/mol. The van der Waals surface area contributed by atoms with Crippen LogP contribution in [-0.2, 0) is 4.74 Å². The minimum Gasteiger partial charge on any atom is -0.384 e. The van der Waals surface area contributed by atoms with Crippen LogP contribution in [0.2, 0.25) is 0 Å². The largest absolute Gasteiger partial charge is 0.384 e. The predicted octanol–water partition coefficient (Wildman–Crippen LogP) is 2.21. The van der Waals surface area contributed by atoms with Crippen LogP contribution >= 0.6 is 0 Å². The second kappa shape index (κ2) is 6.62. The summed E-state index contributed by atoms with van der Waals surface area (Å²) in [6.07, 6.45) is 2.82. The number of benzene rings is 1. The molecule has 1 fully saturated rings. The van der Waals surface area contributed by atoms with Crippen molar-refractivity contribution in [3.05, 3.63) is 30.3 Å². The van der Waals surface area contributed by atoms with Gasteiger partial charge in [-0.3, -0.25) is 0 Å². The number of anilines is 1. The minimum absolute atomic E-state index is 0.480. The maximum Gasteiger partial charge on any atom is 0.0595 e. The molecule has 17 heavy (non-hydrogen) atoms. The molecule has 3 heteroatoms. The Morgan fingerprint density at radius 1 is 1.24 bits per heavy atom. The van der Waals surface area contributed by atoms with E-state index < -0.39 is 0 Å². The predicted molar refractivity (Wildman–Crippen MR) is 71.4 cm³/mol. The molecule has 0 bridgehead atoms. The molecular formula is C14H22N2O. The summed E-state index contributed by atoms with van der Waals surface area (Å²) >= 11 is 0. The molecule has 0 radical (unpaired) electrons. The second-order valence-corrected chi connectivity index (χ2v) is 4.57. The van der Waals surface area contributed by atoms with E-state index in [-0.39, 0.29) is 0 Å². The van der Waals surface area contributed by atoms with E-state index in [0.717, 1.165) is 26.2 Å². The fraction of sp³-hybridized carbons (Fsp3) is 0.571. The lowest BCUT2D eigenvalue weighted by Gasteiger charge is -2.31. The first kappa shape index (κ1) is 12.4. The SMILES string of the molecule is COC1CCN(CCNc2ccccc2)CC1. The molecule has 1 N–H and O–H groups in total. The summed E-state index contributed by atoms with van der Waals surface area (Å²) in [6, 6.07) is 10.4. The molecule has 0 atom stereocenters. The Labute approximate surface area is 104 Å². The Hall–Kier alpha value is -1.06. The summed E-state index contributed by atoms with van der Waals surface area (Å²) in [7, 11) is 1.82. The van der Waals surface area contributed by atoms with Gasteiger partial charge in [0.25, 0.3) is 0 Å². The highest BCUT2D eigenvalue weighted by Gasteiger charge is 2.17. The normalized spacial score (nSPS) is 18.2. The first-order valence-electron chi connectivity index (χ1n) is 6.42. The van der Waals surface area contributed by atoms with Gasteiger partial charge in [0.2, 0.25) is 0 Å². The molecule has 3 nitrogen and oxygen atoms in total. The van der Waals surface area contributed by atoms with Crippen molar-refractivity contribution in [1.82, 2.24) is 4.90 Å². The third-order valence-electron chi connectivity index (χ3n) is 3.40. The fourth-order valence-corrected chi connectivity index (χ4v) is 2.28. The molecule has 0 saturated carbocycles. The third-order valence-corrected chi connectivity index (χ3v) is 3.40. The molecule has 0 amide bonds. The fourth-order valence-electron chi connectivity index (χ4n) is 2.28. The monoisotopic (exact) mass is 234 g/mol. The molecule has 0 spiro atoms. The smallest absolute Gasteiger partial charge is 0.0595 e. The zero-order valence-corrected chi connectivity index (χ0v) is 10.6. The quantitative estimate of drug-likeness (QED) is 0.845. The van der Waals surface area contributed by atoms with Crippen LogP contribution in [0.4, 0.5) is 5.69 Å². The maximum absolute atomic E-state index is 5.37. The first-order chi connectivity index (χ1) is 8.38. The van der Waals surface area contributed by atoms with Gasteiger partial charge in [-0.2, -0.15) is 0 Å². The van der Waals surface area contributed by atoms with Gasteiger partial charge >= 0.3 is 0 Å². The van der Waals surface area contributed by atoms with Gasteiger partial charge in [-0.15, -0.1) is 0 Å². The van der Waals surface area contributed by atoms with Gasteiger partial charge in [0, 0.05) is 39.0 Å². The molecule has 94 valence electrons. The van der Waals surface area contributed by atoms with E-state index in [1.165, 1.54) is 18.5 Å². The molecule has 0 unspecified atom stereocenters. The zero-order valence-electron chi connectivity index (χ0n) is 10.6. The van der Waals surface area contributed by atoms with Gasteiger partial charge in [-0.05, 0) is 25.0 Å². The van der Waals surface area contributed by atoms with Gasteiger partial charge in [-0.25, -0.2) is 0 Å². The Morgan fingerprint density at radius 3 is 2.59 bits per heavy atom. The highest BCUT2D eigenvalue weighted by atomic mass is 16.5. The lowest BCUT2D eigenvalue weighted by molar-refractivity contribution is 0.0423. The second-order valence-electron chi connectivity index (χ2n) is 4.57. The molecule has 0 aromatic heterocycles. The lowest BCUT2D eigenvalue weighted by Crippen LogP contribution is -2.39. The lowest BCUT2D eigenvalue weighted by atomic mass is 10.1. The van der Waals surface area contributed by atoms with E-state index in [1.807, 2.05) is 13.2 Å². The summed E-state index contributed by atoms with van der Waals surface area (Å²) in [5, 5.41) is 3.44. The summed E-state index contributed by atoms with van der Waals surface area (Å²) in [5.41, 5.74) is 1.21. The van der Waals surface area contributed by atoms with Crippen molar-refractivity contribution in [3.8, 4) is 0 Å². The Morgan fingerprint density at radius 2 is 1.94 bits per heavy atom. The van der Waals surface area contributed by atoms with Crippen molar-refractivity contribution in [3.63, 3.8) is 0 Å². The van der Waals surface area contributed by atoms with Gasteiger partial charge in [0.1, 0.15) is 0 Å². The molecule has 1 aromatic carbocycles. The molecule has 1 saturated heterocycles. The number of para-hydroxylation sites is 1. The summed E-state index contributed by atoms with van der Waals surface area (Å²) < 4.78 is 5.37. The number of likely N-dealkylation sites (tertiary alicyclic amines) is 1. The Bertz CT molecular complexity index is 307. The molecule has 1 aliphatic heterocycles. The van der Waals surface area contributed by atoms with Crippen LogP contribution in [0.5, 0.6) is 0 Å². The zero-order chi connectivity index (χ0) is 11.9. The van der Waals surface area contributed by atoms with Gasteiger partial charge in [0.15, 0.2) is 0 Å². The Balaban J connectivity index is 1.63. The number of nitrogens with zero attached hydrogens (tertiary/aromatic N) is 1. The number of nitrogens with one attached hydrogen (secondary N) is 1. The van der Waals surface area contributed by atoms with Crippen LogP contribution < -0.4 is 5.32 Å². The van der Waals surface area contributed by atoms with Crippen LogP contribution in [0.15, 0.2) is 30.3 Å². The van der Waals surface area contributed by atoms with Crippen LogP contribution in [0.25, 0.3) is 0 Å². The van der Waals surface area contributed by atoms with Crippen molar-refractivity contribution < 1.29 is 4.74 Å². The van der Waals surface area contributed by atoms with Gasteiger partial charge in [-0.1, -0.05) is 18.2 Å². The summed E-state index contributed by atoms with van der Waals surface area (Å²) in [4.78, 5) is 2.51. The van der Waals surface area contributed by atoms with Crippen LogP contribution in [-0.4, -0.2) is 44.3 Å². The summed E-state index contributed by atoms with van der Waals surface area (Å²) in [5.74, 6) is 0. The van der Waals surface area contributed by atoms with E-state index in [0.29, 0.717) is 6.10 Å². The third kappa shape index (κ3) is 4.02. The number of hydrogen-bond donors (Lipinski definition) is 1. The summed E-state index contributed by atoms with van der Waals surface area (Å²) in [6.45, 7) is 4.46. The van der Waals surface area contributed by atoms with Crippen LogP contribution in [0.1, 0.15) is 12.8 Å². The van der Waals surface area contributed by atoms with Gasteiger partial charge in [0.05, 0.1) is 6.10 Å². The standard InChI is InChI=1S/C14H22N2O/c1-17-14-7-10-16(11-8-14)12-9-15-13-5-3-2-4-6-13/h2-6,14-15H,7-12H2,1H3. The topological polar surface area (TPSA) is 24.5 Å². The first-order valence-corrected chi connectivity index (χ1v) is 6.42. The number of rotatable bonds is 5. The van der Waals surface area contributed by atoms with Crippen LogP contribution in [0.3, 0.4) is 0 Å². The van der Waals surface area contributed by atoms with E-state index >= 15 is 0 Å². The molecule has 1 aliphatic rings. The number of piperidine rings is 1. The molecule has 2 rings (SSSR count). The van der Waals surface area contributed by atoms with Crippen molar-refractivity contribution in [1.29, 1.82) is 0 Å². The van der Waals surface area contributed by atoms with E-state index in [1.54, 1.807) is 0 Å².